The fourth-order valence-electron chi connectivity index (χ4n) is 4.33. The Morgan fingerprint density at radius 1 is 1.08 bits per heavy atom. The van der Waals surface area contributed by atoms with E-state index in [2.05, 4.69) is 16.3 Å². The van der Waals surface area contributed by atoms with E-state index in [1.807, 2.05) is 75.4 Å². The first-order valence-corrected chi connectivity index (χ1v) is 12.8. The van der Waals surface area contributed by atoms with E-state index in [9.17, 15) is 10.1 Å². The molecule has 4 rings (SSSR count). The second-order valence-electron chi connectivity index (χ2n) is 10.2. The smallest absolute Gasteiger partial charge is 0.407 e. The Morgan fingerprint density at radius 2 is 1.82 bits per heavy atom. The molecule has 1 fully saturated rings. The lowest BCUT2D eigenvalue weighted by atomic mass is 10.0. The molecular formula is C30H34N4O4. The van der Waals surface area contributed by atoms with Crippen LogP contribution in [0.15, 0.2) is 60.7 Å². The van der Waals surface area contributed by atoms with E-state index < -0.39 is 11.7 Å². The van der Waals surface area contributed by atoms with Crippen LogP contribution in [0.2, 0.25) is 0 Å². The maximum absolute atomic E-state index is 12.2. The number of piperidine rings is 1. The summed E-state index contributed by atoms with van der Waals surface area (Å²) in [5.41, 5.74) is 2.64. The van der Waals surface area contributed by atoms with Crippen LogP contribution in [0.25, 0.3) is 11.3 Å². The minimum atomic E-state index is -0.537. The number of anilines is 1. The number of ether oxygens (including phenoxy) is 3. The Morgan fingerprint density at radius 3 is 2.47 bits per heavy atom. The molecule has 1 aliphatic heterocycles. The standard InChI is InChI=1S/C30H34N4O4/c1-30(2,3)38-29(35)32-24-14-16-34(17-15-24)28-23(19-31)10-12-25(33-28)22-11-13-26(36-4)27(18-22)37-20-21-8-6-5-7-9-21/h5-13,18,24H,14-17,20H2,1-4H3,(H,32,35). The van der Waals surface area contributed by atoms with E-state index in [0.29, 0.717) is 42.6 Å². The highest BCUT2D eigenvalue weighted by Gasteiger charge is 2.25. The van der Waals surface area contributed by atoms with Gasteiger partial charge in [0, 0.05) is 24.7 Å². The molecule has 1 aliphatic rings. The van der Waals surface area contributed by atoms with Gasteiger partial charge in [0.25, 0.3) is 0 Å². The van der Waals surface area contributed by atoms with Gasteiger partial charge in [-0.3, -0.25) is 0 Å². The van der Waals surface area contributed by atoms with Gasteiger partial charge in [-0.1, -0.05) is 30.3 Å². The highest BCUT2D eigenvalue weighted by molar-refractivity contribution is 5.69. The predicted molar refractivity (Wildman–Crippen MR) is 146 cm³/mol. The maximum Gasteiger partial charge on any atom is 0.407 e. The predicted octanol–water partition coefficient (Wildman–Crippen LogP) is 5.70. The van der Waals surface area contributed by atoms with Crippen LogP contribution in [-0.4, -0.2) is 42.9 Å². The number of hydrogen-bond acceptors (Lipinski definition) is 7. The van der Waals surface area contributed by atoms with Crippen LogP contribution in [0, 0.1) is 11.3 Å². The van der Waals surface area contributed by atoms with Gasteiger partial charge in [-0.15, -0.1) is 0 Å². The first-order chi connectivity index (χ1) is 18.3. The summed E-state index contributed by atoms with van der Waals surface area (Å²) in [7, 11) is 1.61. The van der Waals surface area contributed by atoms with Gasteiger partial charge < -0.3 is 24.4 Å². The molecule has 1 aromatic heterocycles. The average molecular weight is 515 g/mol. The third kappa shape index (κ3) is 6.94. The average Bonchev–Trinajstić information content (AvgIpc) is 2.91. The van der Waals surface area contributed by atoms with Gasteiger partial charge in [-0.2, -0.15) is 5.26 Å². The third-order valence-corrected chi connectivity index (χ3v) is 6.21. The third-order valence-electron chi connectivity index (χ3n) is 6.21. The molecular weight excluding hydrogens is 480 g/mol. The van der Waals surface area contributed by atoms with E-state index in [0.717, 1.165) is 29.7 Å². The molecule has 0 atom stereocenters. The Bertz CT molecular complexity index is 1290. The van der Waals surface area contributed by atoms with Crippen LogP contribution in [-0.2, 0) is 11.3 Å². The number of carbonyl (C=O) groups excluding carboxylic acids is 1. The fourth-order valence-corrected chi connectivity index (χ4v) is 4.33. The summed E-state index contributed by atoms with van der Waals surface area (Å²) in [5.74, 6) is 1.90. The van der Waals surface area contributed by atoms with Crippen molar-refractivity contribution in [2.45, 2.75) is 51.9 Å². The van der Waals surface area contributed by atoms with E-state index in [-0.39, 0.29) is 6.04 Å². The summed E-state index contributed by atoms with van der Waals surface area (Å²) < 4.78 is 17.0. The molecule has 1 saturated heterocycles. The van der Waals surface area contributed by atoms with Gasteiger partial charge in [0.2, 0.25) is 0 Å². The van der Waals surface area contributed by atoms with Crippen molar-refractivity contribution in [2.75, 3.05) is 25.1 Å². The number of amides is 1. The van der Waals surface area contributed by atoms with Crippen molar-refractivity contribution in [1.82, 2.24) is 10.3 Å². The van der Waals surface area contributed by atoms with Gasteiger partial charge in [0.1, 0.15) is 24.1 Å². The number of methoxy groups -OCH3 is 1. The molecule has 0 bridgehead atoms. The second kappa shape index (κ2) is 11.9. The van der Waals surface area contributed by atoms with E-state index in [4.69, 9.17) is 19.2 Å². The first kappa shape index (κ1) is 26.8. The van der Waals surface area contributed by atoms with E-state index >= 15 is 0 Å². The zero-order valence-corrected chi connectivity index (χ0v) is 22.4. The SMILES string of the molecule is COc1ccc(-c2ccc(C#N)c(N3CCC(NC(=O)OC(C)(C)C)CC3)n2)cc1OCc1ccccc1. The molecule has 0 saturated carbocycles. The van der Waals surface area contributed by atoms with Gasteiger partial charge in [0.15, 0.2) is 11.5 Å². The van der Waals surface area contributed by atoms with Crippen LogP contribution in [0.4, 0.5) is 10.6 Å². The lowest BCUT2D eigenvalue weighted by molar-refractivity contribution is 0.0497. The summed E-state index contributed by atoms with van der Waals surface area (Å²) in [6.07, 6.45) is 1.06. The Kier molecular flexibility index (Phi) is 8.37. The summed E-state index contributed by atoms with van der Waals surface area (Å²) >= 11 is 0. The Hall–Kier alpha value is -4.25. The molecule has 2 aromatic carbocycles. The van der Waals surface area contributed by atoms with Crippen molar-refractivity contribution in [3.8, 4) is 28.8 Å². The van der Waals surface area contributed by atoms with E-state index in [1.165, 1.54) is 0 Å². The Labute approximate surface area is 224 Å². The molecule has 8 heteroatoms. The molecule has 8 nitrogen and oxygen atoms in total. The van der Waals surface area contributed by atoms with Crippen LogP contribution in [0.3, 0.4) is 0 Å². The Balaban J connectivity index is 1.49. The van der Waals surface area contributed by atoms with E-state index in [1.54, 1.807) is 13.2 Å². The van der Waals surface area contributed by atoms with Gasteiger partial charge in [0.05, 0.1) is 18.4 Å². The zero-order chi connectivity index (χ0) is 27.1. The van der Waals surface area contributed by atoms with Crippen LogP contribution in [0.1, 0.15) is 44.7 Å². The largest absolute Gasteiger partial charge is 0.493 e. The van der Waals surface area contributed by atoms with Crippen molar-refractivity contribution in [3.63, 3.8) is 0 Å². The van der Waals surface area contributed by atoms with Gasteiger partial charge in [-0.05, 0) is 69.5 Å². The summed E-state index contributed by atoms with van der Waals surface area (Å²) in [5, 5.41) is 12.7. The van der Waals surface area contributed by atoms with Crippen molar-refractivity contribution in [1.29, 1.82) is 5.26 Å². The molecule has 2 heterocycles. The minimum absolute atomic E-state index is 0.0146. The highest BCUT2D eigenvalue weighted by Crippen LogP contribution is 2.34. The van der Waals surface area contributed by atoms with Crippen LogP contribution < -0.4 is 19.7 Å². The molecule has 38 heavy (non-hydrogen) atoms. The minimum Gasteiger partial charge on any atom is -0.493 e. The van der Waals surface area contributed by atoms with Crippen molar-refractivity contribution in [2.24, 2.45) is 0 Å². The molecule has 198 valence electrons. The van der Waals surface area contributed by atoms with Crippen molar-refractivity contribution < 1.29 is 19.0 Å². The molecule has 0 aliphatic carbocycles. The second-order valence-corrected chi connectivity index (χ2v) is 10.2. The number of aromatic nitrogens is 1. The lowest BCUT2D eigenvalue weighted by Gasteiger charge is -2.34. The van der Waals surface area contributed by atoms with Gasteiger partial charge in [-0.25, -0.2) is 9.78 Å². The number of carbonyl (C=O) groups is 1. The fraction of sp³-hybridized carbons (Fsp3) is 0.367. The number of nitrogens with zero attached hydrogens (tertiary/aromatic N) is 3. The number of hydrogen-bond donors (Lipinski definition) is 1. The first-order valence-electron chi connectivity index (χ1n) is 12.8. The monoisotopic (exact) mass is 514 g/mol. The van der Waals surface area contributed by atoms with Crippen molar-refractivity contribution >= 4 is 11.9 Å². The maximum atomic E-state index is 12.2. The number of nitrogens with one attached hydrogen (secondary N) is 1. The highest BCUT2D eigenvalue weighted by atomic mass is 16.6. The number of benzene rings is 2. The molecule has 1 amide bonds. The number of alkyl carbamates (subject to hydrolysis) is 1. The number of nitriles is 1. The van der Waals surface area contributed by atoms with Crippen molar-refractivity contribution in [3.05, 3.63) is 71.8 Å². The molecule has 1 N–H and O–H groups in total. The quantitative estimate of drug-likeness (QED) is 0.432. The summed E-state index contributed by atoms with van der Waals surface area (Å²) in [6, 6.07) is 21.6. The molecule has 0 spiro atoms. The molecule has 0 radical (unpaired) electrons. The van der Waals surface area contributed by atoms with Crippen LogP contribution in [0.5, 0.6) is 11.5 Å². The van der Waals surface area contributed by atoms with Crippen LogP contribution >= 0.6 is 0 Å². The number of pyridine rings is 1. The summed E-state index contributed by atoms with van der Waals surface area (Å²) in [4.78, 5) is 19.1. The summed E-state index contributed by atoms with van der Waals surface area (Å²) in [6.45, 7) is 7.29. The molecule has 3 aromatic rings. The normalized spacial score (nSPS) is 13.9. The zero-order valence-electron chi connectivity index (χ0n) is 22.4. The lowest BCUT2D eigenvalue weighted by Crippen LogP contribution is -2.46. The molecule has 0 unspecified atom stereocenters. The number of rotatable bonds is 7. The topological polar surface area (TPSA) is 96.7 Å². The van der Waals surface area contributed by atoms with Gasteiger partial charge >= 0.3 is 6.09 Å².